The minimum absolute atomic E-state index is 0.0220. The lowest BCUT2D eigenvalue weighted by Crippen LogP contribution is -2.49. The van der Waals surface area contributed by atoms with E-state index in [4.69, 9.17) is 0 Å². The third kappa shape index (κ3) is 2.26. The highest BCUT2D eigenvalue weighted by atomic mass is 19.1. The van der Waals surface area contributed by atoms with Gasteiger partial charge in [0.05, 0.1) is 0 Å². The van der Waals surface area contributed by atoms with Crippen molar-refractivity contribution in [3.8, 4) is 0 Å². The molecule has 0 bridgehead atoms. The van der Waals surface area contributed by atoms with Crippen molar-refractivity contribution in [2.75, 3.05) is 6.54 Å². The van der Waals surface area contributed by atoms with Crippen LogP contribution in [0.3, 0.4) is 0 Å². The first-order valence-corrected chi connectivity index (χ1v) is 8.77. The standard InChI is InChI=1S/C19H24FNO/c20-17-8-3-2-7-14(17)15-13-16(15)18(22)21-12-6-11-19(21)9-4-1-5-10-19/h2-3,7-8,15-16H,1,4-6,9-13H2/t15-,16-/m0/s1. The van der Waals surface area contributed by atoms with Crippen LogP contribution in [-0.4, -0.2) is 22.9 Å². The highest BCUT2D eigenvalue weighted by Crippen LogP contribution is 2.52. The van der Waals surface area contributed by atoms with E-state index in [2.05, 4.69) is 4.90 Å². The van der Waals surface area contributed by atoms with Crippen LogP contribution in [0, 0.1) is 11.7 Å². The van der Waals surface area contributed by atoms with Crippen molar-refractivity contribution in [2.45, 2.75) is 62.8 Å². The first kappa shape index (κ1) is 14.2. The van der Waals surface area contributed by atoms with E-state index < -0.39 is 0 Å². The Morgan fingerprint density at radius 1 is 1.09 bits per heavy atom. The van der Waals surface area contributed by atoms with Crippen LogP contribution in [-0.2, 0) is 4.79 Å². The number of carbonyl (C=O) groups excluding carboxylic acids is 1. The molecule has 1 amide bonds. The molecule has 118 valence electrons. The topological polar surface area (TPSA) is 20.3 Å². The van der Waals surface area contributed by atoms with Gasteiger partial charge in [0.15, 0.2) is 0 Å². The molecule has 0 unspecified atom stereocenters. The summed E-state index contributed by atoms with van der Waals surface area (Å²) in [7, 11) is 0. The molecule has 1 saturated heterocycles. The fourth-order valence-corrected chi connectivity index (χ4v) is 4.80. The van der Waals surface area contributed by atoms with Gasteiger partial charge >= 0.3 is 0 Å². The van der Waals surface area contributed by atoms with Gasteiger partial charge in [0, 0.05) is 18.0 Å². The van der Waals surface area contributed by atoms with Crippen LogP contribution >= 0.6 is 0 Å². The van der Waals surface area contributed by atoms with Crippen LogP contribution in [0.1, 0.15) is 62.8 Å². The molecule has 22 heavy (non-hydrogen) atoms. The molecule has 3 aliphatic rings. The van der Waals surface area contributed by atoms with Crippen LogP contribution < -0.4 is 0 Å². The Morgan fingerprint density at radius 2 is 1.82 bits per heavy atom. The molecule has 1 heterocycles. The van der Waals surface area contributed by atoms with Crippen LogP contribution in [0.25, 0.3) is 0 Å². The van der Waals surface area contributed by atoms with E-state index in [-0.39, 0.29) is 23.2 Å². The maximum Gasteiger partial charge on any atom is 0.226 e. The second-order valence-electron chi connectivity index (χ2n) is 7.35. The molecule has 0 radical (unpaired) electrons. The van der Waals surface area contributed by atoms with Gasteiger partial charge in [0.1, 0.15) is 5.82 Å². The number of hydrogen-bond donors (Lipinski definition) is 0. The first-order chi connectivity index (χ1) is 10.7. The van der Waals surface area contributed by atoms with Gasteiger partial charge in [-0.15, -0.1) is 0 Å². The van der Waals surface area contributed by atoms with E-state index in [9.17, 15) is 9.18 Å². The number of hydrogen-bond acceptors (Lipinski definition) is 1. The third-order valence-corrected chi connectivity index (χ3v) is 6.06. The van der Waals surface area contributed by atoms with Crippen molar-refractivity contribution in [3.63, 3.8) is 0 Å². The molecule has 1 aromatic carbocycles. The summed E-state index contributed by atoms with van der Waals surface area (Å²) in [5, 5.41) is 0. The number of nitrogens with zero attached hydrogens (tertiary/aromatic N) is 1. The Kier molecular flexibility index (Phi) is 3.47. The van der Waals surface area contributed by atoms with E-state index in [0.29, 0.717) is 5.91 Å². The predicted octanol–water partition coefficient (Wildman–Crippen LogP) is 4.25. The van der Waals surface area contributed by atoms with Crippen LogP contribution in [0.15, 0.2) is 24.3 Å². The molecule has 1 aliphatic heterocycles. The fourth-order valence-electron chi connectivity index (χ4n) is 4.80. The van der Waals surface area contributed by atoms with Gasteiger partial charge in [0.2, 0.25) is 5.91 Å². The lowest BCUT2D eigenvalue weighted by atomic mass is 9.79. The minimum Gasteiger partial charge on any atom is -0.337 e. The summed E-state index contributed by atoms with van der Waals surface area (Å²) in [6.07, 6.45) is 9.32. The quantitative estimate of drug-likeness (QED) is 0.799. The molecule has 0 aromatic heterocycles. The largest absolute Gasteiger partial charge is 0.337 e. The summed E-state index contributed by atoms with van der Waals surface area (Å²) in [6, 6.07) is 6.94. The van der Waals surface area contributed by atoms with E-state index >= 15 is 0 Å². The Balaban J connectivity index is 1.50. The second-order valence-corrected chi connectivity index (χ2v) is 7.35. The molecule has 2 nitrogen and oxygen atoms in total. The molecule has 3 heteroatoms. The number of carbonyl (C=O) groups is 1. The lowest BCUT2D eigenvalue weighted by molar-refractivity contribution is -0.138. The maximum atomic E-state index is 13.9. The highest BCUT2D eigenvalue weighted by Gasteiger charge is 2.52. The maximum absolute atomic E-state index is 13.9. The molecule has 2 aliphatic carbocycles. The second kappa shape index (κ2) is 5.36. The van der Waals surface area contributed by atoms with Crippen molar-refractivity contribution in [2.24, 2.45) is 5.92 Å². The molecular formula is C19H24FNO. The number of rotatable bonds is 2. The van der Waals surface area contributed by atoms with Gasteiger partial charge in [-0.25, -0.2) is 4.39 Å². The van der Waals surface area contributed by atoms with Crippen LogP contribution in [0.2, 0.25) is 0 Å². The summed E-state index contributed by atoms with van der Waals surface area (Å²) in [5.74, 6) is 0.271. The van der Waals surface area contributed by atoms with Crippen LogP contribution in [0.5, 0.6) is 0 Å². The monoisotopic (exact) mass is 301 g/mol. The van der Waals surface area contributed by atoms with Gasteiger partial charge in [-0.05, 0) is 49.7 Å². The predicted molar refractivity (Wildman–Crippen MR) is 84.0 cm³/mol. The summed E-state index contributed by atoms with van der Waals surface area (Å²) < 4.78 is 13.9. The molecule has 1 aromatic rings. The van der Waals surface area contributed by atoms with Gasteiger partial charge in [-0.3, -0.25) is 4.79 Å². The fraction of sp³-hybridized carbons (Fsp3) is 0.632. The Hall–Kier alpha value is -1.38. The van der Waals surface area contributed by atoms with Crippen molar-refractivity contribution in [1.29, 1.82) is 0 Å². The van der Waals surface area contributed by atoms with Gasteiger partial charge in [-0.1, -0.05) is 37.5 Å². The molecule has 2 atom stereocenters. The van der Waals surface area contributed by atoms with Crippen molar-refractivity contribution < 1.29 is 9.18 Å². The zero-order valence-corrected chi connectivity index (χ0v) is 13.1. The van der Waals surface area contributed by atoms with E-state index in [1.807, 2.05) is 12.1 Å². The van der Waals surface area contributed by atoms with Gasteiger partial charge in [-0.2, -0.15) is 0 Å². The Morgan fingerprint density at radius 3 is 2.59 bits per heavy atom. The average molecular weight is 301 g/mol. The minimum atomic E-state index is -0.156. The van der Waals surface area contributed by atoms with E-state index in [1.165, 1.54) is 44.6 Å². The zero-order valence-electron chi connectivity index (χ0n) is 13.1. The number of likely N-dealkylation sites (tertiary alicyclic amines) is 1. The average Bonchev–Trinajstić information content (AvgIpc) is 3.24. The Labute approximate surface area is 131 Å². The first-order valence-electron chi connectivity index (χ1n) is 8.77. The molecule has 0 N–H and O–H groups in total. The summed E-state index contributed by atoms with van der Waals surface area (Å²) in [5.41, 5.74) is 0.885. The number of halogens is 1. The van der Waals surface area contributed by atoms with Gasteiger partial charge < -0.3 is 4.90 Å². The number of amides is 1. The highest BCUT2D eigenvalue weighted by molar-refractivity contribution is 5.84. The summed E-state index contributed by atoms with van der Waals surface area (Å²) in [4.78, 5) is 15.2. The molecule has 1 spiro atoms. The molecular weight excluding hydrogens is 277 g/mol. The lowest BCUT2D eigenvalue weighted by Gasteiger charge is -2.42. The molecule has 4 rings (SSSR count). The summed E-state index contributed by atoms with van der Waals surface area (Å²) in [6.45, 7) is 0.916. The van der Waals surface area contributed by atoms with E-state index in [1.54, 1.807) is 6.07 Å². The van der Waals surface area contributed by atoms with Crippen LogP contribution in [0.4, 0.5) is 4.39 Å². The number of benzene rings is 1. The third-order valence-electron chi connectivity index (χ3n) is 6.06. The zero-order chi connectivity index (χ0) is 15.2. The smallest absolute Gasteiger partial charge is 0.226 e. The summed E-state index contributed by atoms with van der Waals surface area (Å²) >= 11 is 0. The van der Waals surface area contributed by atoms with Crippen molar-refractivity contribution in [3.05, 3.63) is 35.6 Å². The van der Waals surface area contributed by atoms with Crippen molar-refractivity contribution in [1.82, 2.24) is 4.90 Å². The van der Waals surface area contributed by atoms with Gasteiger partial charge in [0.25, 0.3) is 0 Å². The van der Waals surface area contributed by atoms with Crippen molar-refractivity contribution >= 4 is 5.91 Å². The Bertz CT molecular complexity index is 579. The normalized spacial score (nSPS) is 29.8. The van der Waals surface area contributed by atoms with E-state index in [0.717, 1.165) is 24.9 Å². The molecule has 3 fully saturated rings. The molecule has 2 saturated carbocycles. The SMILES string of the molecule is O=C([C@H]1C[C@H]1c1ccccc1F)N1CCCC12CCCCC2.